The molecule has 184 valence electrons. The van der Waals surface area contributed by atoms with Crippen molar-refractivity contribution in [2.75, 3.05) is 0 Å². The third kappa shape index (κ3) is 6.02. The third-order valence-corrected chi connectivity index (χ3v) is 5.33. The maximum atomic E-state index is 13.2. The largest absolute Gasteiger partial charge is 0.488 e. The fourth-order valence-corrected chi connectivity index (χ4v) is 3.75. The number of benzene rings is 3. The first kappa shape index (κ1) is 24.8. The zero-order valence-corrected chi connectivity index (χ0v) is 20.9. The number of aromatic nitrogens is 1. The first-order chi connectivity index (χ1) is 17.2. The Bertz CT molecular complexity index is 1350. The molecule has 36 heavy (non-hydrogen) atoms. The Balaban J connectivity index is 1.72. The van der Waals surface area contributed by atoms with Crippen molar-refractivity contribution in [3.63, 3.8) is 0 Å². The topological polar surface area (TPSA) is 66.8 Å². The average Bonchev–Trinajstić information content (AvgIpc) is 3.33. The summed E-state index contributed by atoms with van der Waals surface area (Å²) in [5.41, 5.74) is 2.65. The summed E-state index contributed by atoms with van der Waals surface area (Å²) >= 11 is 0. The van der Waals surface area contributed by atoms with Gasteiger partial charge in [-0.25, -0.2) is 9.59 Å². The SMILES string of the molecule is Cc1cc(-c2cccn2C(=O)OC(C)(C)C)cc(OCc2ccccc2)c1C(=O)Oc1ccccc1. The van der Waals surface area contributed by atoms with E-state index in [4.69, 9.17) is 14.2 Å². The Morgan fingerprint density at radius 3 is 2.19 bits per heavy atom. The summed E-state index contributed by atoms with van der Waals surface area (Å²) in [6, 6.07) is 25.8. The van der Waals surface area contributed by atoms with E-state index in [2.05, 4.69) is 0 Å². The lowest BCUT2D eigenvalue weighted by atomic mass is 10.0. The predicted molar refractivity (Wildman–Crippen MR) is 138 cm³/mol. The van der Waals surface area contributed by atoms with Gasteiger partial charge in [0.1, 0.15) is 29.3 Å². The number of rotatable bonds is 6. The highest BCUT2D eigenvalue weighted by Gasteiger charge is 2.23. The van der Waals surface area contributed by atoms with Crippen molar-refractivity contribution in [1.29, 1.82) is 0 Å². The van der Waals surface area contributed by atoms with Gasteiger partial charge < -0.3 is 14.2 Å². The molecule has 6 nitrogen and oxygen atoms in total. The van der Waals surface area contributed by atoms with Gasteiger partial charge in [0.2, 0.25) is 0 Å². The van der Waals surface area contributed by atoms with E-state index < -0.39 is 17.7 Å². The van der Waals surface area contributed by atoms with Crippen LogP contribution in [0.15, 0.2) is 91.1 Å². The molecule has 0 aliphatic carbocycles. The molecule has 0 amide bonds. The highest BCUT2D eigenvalue weighted by molar-refractivity contribution is 5.96. The van der Waals surface area contributed by atoms with Crippen LogP contribution in [0.25, 0.3) is 11.3 Å². The van der Waals surface area contributed by atoms with E-state index in [1.54, 1.807) is 42.6 Å². The van der Waals surface area contributed by atoms with Gasteiger partial charge in [-0.15, -0.1) is 0 Å². The number of carbonyl (C=O) groups is 2. The van der Waals surface area contributed by atoms with E-state index in [1.807, 2.05) is 76.2 Å². The highest BCUT2D eigenvalue weighted by Crippen LogP contribution is 2.33. The molecular weight excluding hydrogens is 454 g/mol. The first-order valence-corrected chi connectivity index (χ1v) is 11.7. The molecule has 0 saturated carbocycles. The number of aryl methyl sites for hydroxylation is 1. The van der Waals surface area contributed by atoms with Crippen molar-refractivity contribution in [2.24, 2.45) is 0 Å². The van der Waals surface area contributed by atoms with E-state index in [-0.39, 0.29) is 6.61 Å². The summed E-state index contributed by atoms with van der Waals surface area (Å²) in [7, 11) is 0. The zero-order chi connectivity index (χ0) is 25.7. The van der Waals surface area contributed by atoms with Crippen LogP contribution in [0, 0.1) is 6.92 Å². The number of nitrogens with zero attached hydrogens (tertiary/aromatic N) is 1. The lowest BCUT2D eigenvalue weighted by Crippen LogP contribution is -2.27. The van der Waals surface area contributed by atoms with Crippen molar-refractivity contribution in [1.82, 2.24) is 4.57 Å². The van der Waals surface area contributed by atoms with Gasteiger partial charge >= 0.3 is 12.1 Å². The zero-order valence-electron chi connectivity index (χ0n) is 20.9. The maximum Gasteiger partial charge on any atom is 0.418 e. The van der Waals surface area contributed by atoms with Crippen LogP contribution in [0.5, 0.6) is 11.5 Å². The van der Waals surface area contributed by atoms with E-state index in [1.165, 1.54) is 4.57 Å². The molecule has 0 bridgehead atoms. The fourth-order valence-electron chi connectivity index (χ4n) is 3.75. The monoisotopic (exact) mass is 483 g/mol. The summed E-state index contributed by atoms with van der Waals surface area (Å²) in [6.45, 7) is 7.55. The lowest BCUT2D eigenvalue weighted by molar-refractivity contribution is 0.0539. The Morgan fingerprint density at radius 1 is 0.861 bits per heavy atom. The molecule has 0 spiro atoms. The number of ether oxygens (including phenoxy) is 3. The molecule has 1 heterocycles. The van der Waals surface area contributed by atoms with Crippen molar-refractivity contribution < 1.29 is 23.8 Å². The Morgan fingerprint density at radius 2 is 1.53 bits per heavy atom. The molecule has 0 aliphatic rings. The minimum Gasteiger partial charge on any atom is -0.488 e. The van der Waals surface area contributed by atoms with Gasteiger partial charge in [0.25, 0.3) is 0 Å². The quantitative estimate of drug-likeness (QED) is 0.217. The van der Waals surface area contributed by atoms with Gasteiger partial charge in [0.15, 0.2) is 0 Å². The van der Waals surface area contributed by atoms with Crippen molar-refractivity contribution in [2.45, 2.75) is 39.9 Å². The minimum atomic E-state index is -0.635. The third-order valence-electron chi connectivity index (χ3n) is 5.33. The molecule has 0 saturated heterocycles. The molecule has 0 radical (unpaired) electrons. The van der Waals surface area contributed by atoms with E-state index >= 15 is 0 Å². The second kappa shape index (κ2) is 10.5. The molecule has 0 N–H and O–H groups in total. The van der Waals surface area contributed by atoms with Crippen LogP contribution in [-0.4, -0.2) is 22.2 Å². The molecule has 0 atom stereocenters. The molecule has 6 heteroatoms. The molecule has 0 unspecified atom stereocenters. The lowest BCUT2D eigenvalue weighted by Gasteiger charge is -2.21. The van der Waals surface area contributed by atoms with Crippen molar-refractivity contribution in [3.8, 4) is 22.8 Å². The molecule has 0 fully saturated rings. The van der Waals surface area contributed by atoms with Crippen LogP contribution in [0.2, 0.25) is 0 Å². The second-order valence-corrected chi connectivity index (χ2v) is 9.39. The van der Waals surface area contributed by atoms with Crippen LogP contribution in [0.3, 0.4) is 0 Å². The number of carbonyl (C=O) groups excluding carboxylic acids is 2. The van der Waals surface area contributed by atoms with Crippen LogP contribution in [-0.2, 0) is 11.3 Å². The minimum absolute atomic E-state index is 0.266. The summed E-state index contributed by atoms with van der Waals surface area (Å²) in [4.78, 5) is 26.0. The normalized spacial score (nSPS) is 11.1. The number of para-hydroxylation sites is 1. The molecular formula is C30H29NO5. The predicted octanol–water partition coefficient (Wildman–Crippen LogP) is 7.04. The van der Waals surface area contributed by atoms with Gasteiger partial charge in [-0.1, -0.05) is 48.5 Å². The van der Waals surface area contributed by atoms with Crippen molar-refractivity contribution in [3.05, 3.63) is 108 Å². The summed E-state index contributed by atoms with van der Waals surface area (Å²) in [6.07, 6.45) is 1.17. The highest BCUT2D eigenvalue weighted by atomic mass is 16.6. The van der Waals surface area contributed by atoms with Crippen LogP contribution in [0.1, 0.15) is 42.3 Å². The second-order valence-electron chi connectivity index (χ2n) is 9.39. The van der Waals surface area contributed by atoms with Crippen LogP contribution in [0.4, 0.5) is 4.79 Å². The Hall–Kier alpha value is -4.32. The van der Waals surface area contributed by atoms with Gasteiger partial charge in [0.05, 0.1) is 5.69 Å². The van der Waals surface area contributed by atoms with Gasteiger partial charge in [0, 0.05) is 11.8 Å². The molecule has 3 aromatic carbocycles. The summed E-state index contributed by atoms with van der Waals surface area (Å²) in [5.74, 6) is 0.293. The maximum absolute atomic E-state index is 13.2. The van der Waals surface area contributed by atoms with Gasteiger partial charge in [-0.2, -0.15) is 0 Å². The van der Waals surface area contributed by atoms with E-state index in [9.17, 15) is 9.59 Å². The number of hydrogen-bond acceptors (Lipinski definition) is 5. The molecule has 4 aromatic rings. The number of esters is 1. The smallest absolute Gasteiger partial charge is 0.418 e. The van der Waals surface area contributed by atoms with Crippen LogP contribution < -0.4 is 9.47 Å². The average molecular weight is 484 g/mol. The molecule has 0 aliphatic heterocycles. The Kier molecular flexibility index (Phi) is 7.25. The standard InChI is InChI=1S/C30H29NO5/c1-21-18-23(25-16-11-17-31(25)29(33)36-30(2,3)4)19-26(34-20-22-12-7-5-8-13-22)27(21)28(32)35-24-14-9-6-10-15-24/h5-19H,20H2,1-4H3. The van der Waals surface area contributed by atoms with E-state index in [0.717, 1.165) is 5.56 Å². The summed E-state index contributed by atoms with van der Waals surface area (Å²) in [5, 5.41) is 0. The fraction of sp³-hybridized carbons (Fsp3) is 0.200. The summed E-state index contributed by atoms with van der Waals surface area (Å²) < 4.78 is 18.8. The Labute approximate surface area is 211 Å². The van der Waals surface area contributed by atoms with Gasteiger partial charge in [-0.05, 0) is 75.2 Å². The van der Waals surface area contributed by atoms with Gasteiger partial charge in [-0.3, -0.25) is 4.57 Å². The van der Waals surface area contributed by atoms with E-state index in [0.29, 0.717) is 33.9 Å². The molecule has 4 rings (SSSR count). The molecule has 1 aromatic heterocycles. The van der Waals surface area contributed by atoms with Crippen LogP contribution >= 0.6 is 0 Å². The van der Waals surface area contributed by atoms with Crippen molar-refractivity contribution >= 4 is 12.1 Å². The first-order valence-electron chi connectivity index (χ1n) is 11.7. The number of hydrogen-bond donors (Lipinski definition) is 0.